The number of hydrogen-bond donors (Lipinski definition) is 2. The van der Waals surface area contributed by atoms with Crippen LogP contribution in [0.15, 0.2) is 72.9 Å². The summed E-state index contributed by atoms with van der Waals surface area (Å²) in [5, 5.41) is 17.2. The monoisotopic (exact) mass is 412 g/mol. The molecule has 0 saturated carbocycles. The highest BCUT2D eigenvalue weighted by molar-refractivity contribution is 6.00. The number of aliphatic hydroxyl groups excluding tert-OH is 1. The first-order valence-electron chi connectivity index (χ1n) is 10.4. The second-order valence-corrected chi connectivity index (χ2v) is 7.57. The van der Waals surface area contributed by atoms with E-state index in [4.69, 9.17) is 5.11 Å². The molecule has 4 rings (SSSR count). The van der Waals surface area contributed by atoms with Gasteiger partial charge in [0.25, 0.3) is 0 Å². The van der Waals surface area contributed by atoms with E-state index in [0.29, 0.717) is 12.0 Å². The van der Waals surface area contributed by atoms with E-state index in [1.54, 1.807) is 24.4 Å². The molecule has 0 unspecified atom stereocenters. The standard InChI is InChI=1S/C27H25FN2O/c1-3-23(24-15-18(2)6-12-25(24)28)27(20-9-7-19(8-10-20)5-4-14-31)21-11-13-26-22(16-21)17-29-30-26/h4-13,15-17,31H,3,14H2,1-2H3,(H,29,30)/b5-4+,27-23+. The minimum atomic E-state index is -0.216. The number of allylic oxidation sites excluding steroid dienone is 1. The summed E-state index contributed by atoms with van der Waals surface area (Å²) < 4.78 is 14.9. The molecule has 4 aromatic rings. The van der Waals surface area contributed by atoms with Crippen molar-refractivity contribution < 1.29 is 9.50 Å². The van der Waals surface area contributed by atoms with Crippen LogP contribution in [-0.4, -0.2) is 21.9 Å². The Labute approximate surface area is 181 Å². The van der Waals surface area contributed by atoms with Crippen LogP contribution in [0, 0.1) is 12.7 Å². The molecule has 4 heteroatoms. The molecule has 0 radical (unpaired) electrons. The predicted molar refractivity (Wildman–Crippen MR) is 126 cm³/mol. The van der Waals surface area contributed by atoms with Crippen LogP contribution in [0.1, 0.15) is 41.2 Å². The van der Waals surface area contributed by atoms with Crippen LogP contribution >= 0.6 is 0 Å². The Morgan fingerprint density at radius 2 is 1.81 bits per heavy atom. The van der Waals surface area contributed by atoms with E-state index in [2.05, 4.69) is 41.4 Å². The zero-order valence-corrected chi connectivity index (χ0v) is 17.7. The summed E-state index contributed by atoms with van der Waals surface area (Å²) in [6.45, 7) is 4.05. The number of aromatic nitrogens is 2. The second kappa shape index (κ2) is 9.11. The number of hydrogen-bond acceptors (Lipinski definition) is 2. The normalized spacial score (nSPS) is 12.5. The van der Waals surface area contributed by atoms with Gasteiger partial charge in [-0.15, -0.1) is 0 Å². The first kappa shape index (κ1) is 20.8. The Hall–Kier alpha value is -3.50. The first-order chi connectivity index (χ1) is 15.1. The fourth-order valence-corrected chi connectivity index (χ4v) is 3.94. The van der Waals surface area contributed by atoms with Gasteiger partial charge in [-0.1, -0.05) is 61.0 Å². The number of nitrogens with zero attached hydrogens (tertiary/aromatic N) is 1. The van der Waals surface area contributed by atoms with Crippen LogP contribution < -0.4 is 0 Å². The molecule has 0 bridgehead atoms. The zero-order chi connectivity index (χ0) is 21.8. The molecule has 0 fully saturated rings. The lowest BCUT2D eigenvalue weighted by atomic mass is 9.87. The number of H-pyrrole nitrogens is 1. The lowest BCUT2D eigenvalue weighted by molar-refractivity contribution is 0.343. The average molecular weight is 413 g/mol. The number of aromatic amines is 1. The van der Waals surface area contributed by atoms with Gasteiger partial charge < -0.3 is 5.11 Å². The predicted octanol–water partition coefficient (Wildman–Crippen LogP) is 6.39. The molecule has 0 aliphatic rings. The van der Waals surface area contributed by atoms with Crippen LogP contribution in [0.4, 0.5) is 4.39 Å². The van der Waals surface area contributed by atoms with Crippen LogP contribution in [-0.2, 0) is 0 Å². The quantitative estimate of drug-likeness (QED) is 0.361. The third-order valence-electron chi connectivity index (χ3n) is 5.45. The molecule has 0 spiro atoms. The summed E-state index contributed by atoms with van der Waals surface area (Å²) >= 11 is 0. The summed E-state index contributed by atoms with van der Waals surface area (Å²) in [6.07, 6.45) is 6.08. The van der Waals surface area contributed by atoms with Crippen molar-refractivity contribution >= 4 is 28.1 Å². The number of aliphatic hydroxyl groups is 1. The average Bonchev–Trinajstić information content (AvgIpc) is 3.26. The summed E-state index contributed by atoms with van der Waals surface area (Å²) in [6, 6.07) is 19.5. The van der Waals surface area contributed by atoms with E-state index in [1.165, 1.54) is 0 Å². The maximum atomic E-state index is 14.9. The van der Waals surface area contributed by atoms with Gasteiger partial charge in [-0.3, -0.25) is 5.10 Å². The first-order valence-corrected chi connectivity index (χ1v) is 10.4. The zero-order valence-electron chi connectivity index (χ0n) is 17.7. The van der Waals surface area contributed by atoms with Crippen molar-refractivity contribution in [3.8, 4) is 0 Å². The Kier molecular flexibility index (Phi) is 6.10. The van der Waals surface area contributed by atoms with Crippen LogP contribution in [0.3, 0.4) is 0 Å². The second-order valence-electron chi connectivity index (χ2n) is 7.57. The molecule has 2 N–H and O–H groups in total. The van der Waals surface area contributed by atoms with E-state index in [9.17, 15) is 4.39 Å². The number of aryl methyl sites for hydroxylation is 1. The van der Waals surface area contributed by atoms with Crippen molar-refractivity contribution in [3.63, 3.8) is 0 Å². The Morgan fingerprint density at radius 3 is 2.55 bits per heavy atom. The van der Waals surface area contributed by atoms with Crippen molar-refractivity contribution in [2.24, 2.45) is 0 Å². The number of benzene rings is 3. The van der Waals surface area contributed by atoms with Gasteiger partial charge in [0.2, 0.25) is 0 Å². The van der Waals surface area contributed by atoms with Crippen molar-refractivity contribution in [3.05, 3.63) is 107 Å². The maximum Gasteiger partial charge on any atom is 0.130 e. The highest BCUT2D eigenvalue weighted by Gasteiger charge is 2.16. The number of fused-ring (bicyclic) bond motifs is 1. The molecule has 0 aliphatic carbocycles. The third-order valence-corrected chi connectivity index (χ3v) is 5.45. The summed E-state index contributed by atoms with van der Waals surface area (Å²) in [5.41, 5.74) is 7.63. The minimum Gasteiger partial charge on any atom is -0.392 e. The Morgan fingerprint density at radius 1 is 1.03 bits per heavy atom. The molecule has 0 saturated heterocycles. The van der Waals surface area contributed by atoms with Gasteiger partial charge in [-0.05, 0) is 65.4 Å². The number of rotatable bonds is 6. The lowest BCUT2D eigenvalue weighted by Crippen LogP contribution is -1.98. The SMILES string of the molecule is CC/C(=C(/c1ccc(/C=C/CO)cc1)c1ccc2[nH]ncc2c1)c1cc(C)ccc1F. The highest BCUT2D eigenvalue weighted by atomic mass is 19.1. The summed E-state index contributed by atoms with van der Waals surface area (Å²) in [5.74, 6) is -0.216. The number of nitrogens with one attached hydrogen (secondary N) is 1. The van der Waals surface area contributed by atoms with Crippen molar-refractivity contribution in [2.75, 3.05) is 6.61 Å². The summed E-state index contributed by atoms with van der Waals surface area (Å²) in [4.78, 5) is 0. The molecular formula is C27H25FN2O. The molecule has 0 atom stereocenters. The lowest BCUT2D eigenvalue weighted by Gasteiger charge is -2.17. The summed E-state index contributed by atoms with van der Waals surface area (Å²) in [7, 11) is 0. The molecule has 1 heterocycles. The van der Waals surface area contributed by atoms with E-state index in [-0.39, 0.29) is 12.4 Å². The van der Waals surface area contributed by atoms with Crippen LogP contribution in [0.5, 0.6) is 0 Å². The van der Waals surface area contributed by atoms with Crippen LogP contribution in [0.25, 0.3) is 28.1 Å². The van der Waals surface area contributed by atoms with Gasteiger partial charge in [0.1, 0.15) is 5.82 Å². The van der Waals surface area contributed by atoms with E-state index in [1.807, 2.05) is 37.3 Å². The van der Waals surface area contributed by atoms with Crippen LogP contribution in [0.2, 0.25) is 0 Å². The van der Waals surface area contributed by atoms with Crippen molar-refractivity contribution in [1.82, 2.24) is 10.2 Å². The fraction of sp³-hybridized carbons (Fsp3) is 0.148. The fourth-order valence-electron chi connectivity index (χ4n) is 3.94. The maximum absolute atomic E-state index is 14.9. The van der Waals surface area contributed by atoms with Gasteiger partial charge in [0, 0.05) is 10.9 Å². The molecule has 156 valence electrons. The molecule has 31 heavy (non-hydrogen) atoms. The van der Waals surface area contributed by atoms with E-state index >= 15 is 0 Å². The molecule has 0 aliphatic heterocycles. The largest absolute Gasteiger partial charge is 0.392 e. The third kappa shape index (κ3) is 4.35. The molecule has 0 amide bonds. The molecule has 3 nitrogen and oxygen atoms in total. The minimum absolute atomic E-state index is 0.00420. The van der Waals surface area contributed by atoms with E-state index in [0.717, 1.165) is 44.3 Å². The van der Waals surface area contributed by atoms with Gasteiger partial charge in [0.15, 0.2) is 0 Å². The smallest absolute Gasteiger partial charge is 0.130 e. The van der Waals surface area contributed by atoms with Gasteiger partial charge in [-0.2, -0.15) is 5.10 Å². The molecule has 1 aromatic heterocycles. The topological polar surface area (TPSA) is 48.9 Å². The van der Waals surface area contributed by atoms with E-state index < -0.39 is 0 Å². The number of halogens is 1. The van der Waals surface area contributed by atoms with Gasteiger partial charge in [0.05, 0.1) is 18.3 Å². The Balaban J connectivity index is 1.96. The molecule has 3 aromatic carbocycles. The highest BCUT2D eigenvalue weighted by Crippen LogP contribution is 2.36. The van der Waals surface area contributed by atoms with Crippen molar-refractivity contribution in [1.29, 1.82) is 0 Å². The van der Waals surface area contributed by atoms with Crippen molar-refractivity contribution in [2.45, 2.75) is 20.3 Å². The Bertz CT molecular complexity index is 1270. The van der Waals surface area contributed by atoms with Gasteiger partial charge in [-0.25, -0.2) is 4.39 Å². The van der Waals surface area contributed by atoms with Gasteiger partial charge >= 0.3 is 0 Å². The molecular weight excluding hydrogens is 387 g/mol.